The van der Waals surface area contributed by atoms with Gasteiger partial charge >= 0.3 is 12.4 Å². The zero-order valence-electron chi connectivity index (χ0n) is 8.81. The van der Waals surface area contributed by atoms with E-state index >= 15 is 0 Å². The molecule has 1 rings (SSSR count). The first kappa shape index (κ1) is 15.7. The molecule has 19 heavy (non-hydrogen) atoms. The van der Waals surface area contributed by atoms with Crippen molar-refractivity contribution in [2.24, 2.45) is 5.92 Å². The van der Waals surface area contributed by atoms with Crippen LogP contribution in [0, 0.1) is 5.92 Å². The second-order valence-electron chi connectivity index (χ2n) is 3.36. The minimum absolute atomic E-state index is 0.341. The van der Waals surface area contributed by atoms with Gasteiger partial charge in [-0.15, -0.1) is 0 Å². The standard InChI is InChI=1S/C9H5BrF6N2O/c10-4-1-2-17-5(3-4)18-7(19)6(8(11,12)13)9(14,15)16/h1-3,6H,(H,17,18,19). The number of hydrogen-bond donors (Lipinski definition) is 1. The summed E-state index contributed by atoms with van der Waals surface area (Å²) >= 11 is 2.93. The Morgan fingerprint density at radius 2 is 1.74 bits per heavy atom. The van der Waals surface area contributed by atoms with E-state index in [4.69, 9.17) is 0 Å². The van der Waals surface area contributed by atoms with Crippen LogP contribution in [0.5, 0.6) is 0 Å². The quantitative estimate of drug-likeness (QED) is 0.829. The number of carbonyl (C=O) groups excluding carboxylic acids is 1. The second kappa shape index (κ2) is 5.35. The average Bonchev–Trinajstić information content (AvgIpc) is 2.11. The van der Waals surface area contributed by atoms with Crippen LogP contribution >= 0.6 is 15.9 Å². The van der Waals surface area contributed by atoms with Gasteiger partial charge in [0.05, 0.1) is 0 Å². The van der Waals surface area contributed by atoms with Crippen molar-refractivity contribution in [1.29, 1.82) is 0 Å². The van der Waals surface area contributed by atoms with Gasteiger partial charge in [0.25, 0.3) is 0 Å². The number of hydrogen-bond acceptors (Lipinski definition) is 2. The predicted molar refractivity (Wildman–Crippen MR) is 56.2 cm³/mol. The molecule has 0 fully saturated rings. The highest BCUT2D eigenvalue weighted by atomic mass is 79.9. The minimum Gasteiger partial charge on any atom is -0.310 e. The largest absolute Gasteiger partial charge is 0.409 e. The van der Waals surface area contributed by atoms with E-state index in [1.807, 2.05) is 0 Å². The van der Waals surface area contributed by atoms with E-state index in [-0.39, 0.29) is 0 Å². The van der Waals surface area contributed by atoms with E-state index in [1.165, 1.54) is 11.4 Å². The fourth-order valence-electron chi connectivity index (χ4n) is 1.15. The van der Waals surface area contributed by atoms with Gasteiger partial charge in [-0.3, -0.25) is 4.79 Å². The highest BCUT2D eigenvalue weighted by molar-refractivity contribution is 9.10. The van der Waals surface area contributed by atoms with E-state index in [0.29, 0.717) is 4.47 Å². The predicted octanol–water partition coefficient (Wildman–Crippen LogP) is 3.52. The van der Waals surface area contributed by atoms with Crippen LogP contribution in [-0.2, 0) is 4.79 Å². The SMILES string of the molecule is O=C(Nc1cc(Br)ccn1)C(C(F)(F)F)C(F)(F)F. The number of nitrogens with one attached hydrogen (secondary N) is 1. The molecule has 0 atom stereocenters. The average molecular weight is 351 g/mol. The van der Waals surface area contributed by atoms with Crippen molar-refractivity contribution in [2.75, 3.05) is 5.32 Å². The van der Waals surface area contributed by atoms with Crippen molar-refractivity contribution >= 4 is 27.7 Å². The Balaban J connectivity index is 2.97. The third kappa shape index (κ3) is 4.37. The maximum Gasteiger partial charge on any atom is 0.409 e. The molecule has 1 N–H and O–H groups in total. The van der Waals surface area contributed by atoms with E-state index in [9.17, 15) is 31.1 Å². The first-order chi connectivity index (χ1) is 8.51. The van der Waals surface area contributed by atoms with Crippen molar-refractivity contribution in [3.8, 4) is 0 Å². The van der Waals surface area contributed by atoms with Crippen LogP contribution in [0.15, 0.2) is 22.8 Å². The van der Waals surface area contributed by atoms with Gasteiger partial charge in [-0.1, -0.05) is 15.9 Å². The second-order valence-corrected chi connectivity index (χ2v) is 4.28. The Labute approximate surface area is 111 Å². The van der Waals surface area contributed by atoms with Gasteiger partial charge in [0.2, 0.25) is 11.8 Å². The summed E-state index contributed by atoms with van der Waals surface area (Å²) in [6.07, 6.45) is -10.3. The van der Waals surface area contributed by atoms with Crippen LogP contribution in [0.1, 0.15) is 0 Å². The molecule has 0 radical (unpaired) electrons. The lowest BCUT2D eigenvalue weighted by Crippen LogP contribution is -2.45. The van der Waals surface area contributed by atoms with Gasteiger partial charge in [-0.2, -0.15) is 26.3 Å². The van der Waals surface area contributed by atoms with Crippen LogP contribution in [-0.4, -0.2) is 23.2 Å². The summed E-state index contributed by atoms with van der Waals surface area (Å²) < 4.78 is 73.8. The van der Waals surface area contributed by atoms with Crippen LogP contribution in [0.25, 0.3) is 0 Å². The molecule has 0 aliphatic heterocycles. The Hall–Kier alpha value is -1.32. The molecule has 1 aromatic heterocycles. The van der Waals surface area contributed by atoms with Crippen LogP contribution in [0.3, 0.4) is 0 Å². The zero-order chi connectivity index (χ0) is 14.8. The molecule has 0 saturated heterocycles. The number of pyridine rings is 1. The molecule has 1 aromatic rings. The van der Waals surface area contributed by atoms with E-state index in [2.05, 4.69) is 20.9 Å². The van der Waals surface area contributed by atoms with Crippen molar-refractivity contribution in [3.05, 3.63) is 22.8 Å². The molecule has 3 nitrogen and oxygen atoms in total. The topological polar surface area (TPSA) is 42.0 Å². The molecular formula is C9H5BrF6N2O. The molecular weight excluding hydrogens is 346 g/mol. The lowest BCUT2D eigenvalue weighted by atomic mass is 10.1. The molecule has 106 valence electrons. The summed E-state index contributed by atoms with van der Waals surface area (Å²) in [5, 5.41) is 1.48. The van der Waals surface area contributed by atoms with Crippen molar-refractivity contribution in [1.82, 2.24) is 4.98 Å². The highest BCUT2D eigenvalue weighted by Gasteiger charge is 2.61. The molecule has 0 bridgehead atoms. The summed E-state index contributed by atoms with van der Waals surface area (Å²) in [6.45, 7) is 0. The molecule has 0 saturated carbocycles. The third-order valence-electron chi connectivity index (χ3n) is 1.89. The van der Waals surface area contributed by atoms with Crippen molar-refractivity contribution < 1.29 is 31.1 Å². The van der Waals surface area contributed by atoms with Gasteiger partial charge in [-0.25, -0.2) is 4.98 Å². The van der Waals surface area contributed by atoms with Gasteiger partial charge in [0, 0.05) is 10.7 Å². The molecule has 0 aromatic carbocycles. The Kier molecular flexibility index (Phi) is 4.43. The van der Waals surface area contributed by atoms with E-state index in [0.717, 1.165) is 12.3 Å². The van der Waals surface area contributed by atoms with Crippen LogP contribution in [0.4, 0.5) is 32.2 Å². The zero-order valence-corrected chi connectivity index (χ0v) is 10.4. The summed E-state index contributed by atoms with van der Waals surface area (Å²) in [5.41, 5.74) is 0. The fourth-order valence-corrected chi connectivity index (χ4v) is 1.49. The van der Waals surface area contributed by atoms with E-state index in [1.54, 1.807) is 0 Å². The molecule has 0 aliphatic rings. The normalized spacial score (nSPS) is 12.6. The number of rotatable bonds is 2. The van der Waals surface area contributed by atoms with Crippen LogP contribution in [0.2, 0.25) is 0 Å². The number of alkyl halides is 6. The third-order valence-corrected chi connectivity index (χ3v) is 2.38. The first-order valence-corrected chi connectivity index (χ1v) is 5.37. The maximum atomic E-state index is 12.2. The lowest BCUT2D eigenvalue weighted by Gasteiger charge is -2.21. The van der Waals surface area contributed by atoms with Gasteiger partial charge in [-0.05, 0) is 12.1 Å². The number of aromatic nitrogens is 1. The molecule has 0 aliphatic carbocycles. The number of amides is 1. The number of anilines is 1. The summed E-state index contributed by atoms with van der Waals surface area (Å²) in [4.78, 5) is 14.5. The summed E-state index contributed by atoms with van der Waals surface area (Å²) in [6, 6.07) is 2.46. The molecule has 10 heteroatoms. The number of halogens is 7. The lowest BCUT2D eigenvalue weighted by molar-refractivity contribution is -0.272. The first-order valence-electron chi connectivity index (χ1n) is 4.57. The van der Waals surface area contributed by atoms with E-state index < -0.39 is 30.0 Å². The van der Waals surface area contributed by atoms with Gasteiger partial charge < -0.3 is 5.32 Å². The Bertz CT molecular complexity index is 459. The Morgan fingerprint density at radius 3 is 2.16 bits per heavy atom. The number of carbonyl (C=O) groups is 1. The minimum atomic E-state index is -5.73. The summed E-state index contributed by atoms with van der Waals surface area (Å²) in [7, 11) is 0. The molecule has 1 heterocycles. The van der Waals surface area contributed by atoms with Crippen LogP contribution < -0.4 is 5.32 Å². The highest BCUT2D eigenvalue weighted by Crippen LogP contribution is 2.39. The maximum absolute atomic E-state index is 12.2. The summed E-state index contributed by atoms with van der Waals surface area (Å²) in [5.74, 6) is -6.75. The smallest absolute Gasteiger partial charge is 0.310 e. The molecule has 0 unspecified atom stereocenters. The fraction of sp³-hybridized carbons (Fsp3) is 0.333. The van der Waals surface area contributed by atoms with Gasteiger partial charge in [0.15, 0.2) is 0 Å². The number of nitrogens with zero attached hydrogens (tertiary/aromatic N) is 1. The Morgan fingerprint density at radius 1 is 1.21 bits per heavy atom. The van der Waals surface area contributed by atoms with Gasteiger partial charge in [0.1, 0.15) is 5.82 Å². The van der Waals surface area contributed by atoms with Crippen molar-refractivity contribution in [3.63, 3.8) is 0 Å². The molecule has 1 amide bonds. The monoisotopic (exact) mass is 350 g/mol. The van der Waals surface area contributed by atoms with Crippen molar-refractivity contribution in [2.45, 2.75) is 12.4 Å². The molecule has 0 spiro atoms.